The number of carbonyl (C=O) groups excluding carboxylic acids is 1. The minimum Gasteiger partial charge on any atom is -0.381 e. The molecule has 1 atom stereocenters. The van der Waals surface area contributed by atoms with Gasteiger partial charge in [0.05, 0.1) is 13.0 Å². The standard InChI is InChI=1S/C14H19NO2/c1-3-17-9-8-14(16)15-11(2)10-12-6-4-5-7-13(12)15/h4-7,11H,3,8-10H2,1-2H3/t11-/m0/s1. The average Bonchev–Trinajstić information content (AvgIpc) is 2.65. The third kappa shape index (κ3) is 2.50. The van der Waals surface area contributed by atoms with Crippen molar-refractivity contribution in [3.63, 3.8) is 0 Å². The van der Waals surface area contributed by atoms with Gasteiger partial charge >= 0.3 is 0 Å². The Bertz CT molecular complexity index is 403. The molecule has 1 heterocycles. The van der Waals surface area contributed by atoms with Gasteiger partial charge in [-0.05, 0) is 31.9 Å². The SMILES string of the molecule is CCOCCC(=O)N1c2ccccc2C[C@@H]1C. The molecule has 0 unspecified atom stereocenters. The minimum absolute atomic E-state index is 0.163. The Morgan fingerprint density at radius 2 is 2.24 bits per heavy atom. The summed E-state index contributed by atoms with van der Waals surface area (Å²) in [5, 5.41) is 0. The van der Waals surface area contributed by atoms with E-state index in [2.05, 4.69) is 13.0 Å². The maximum absolute atomic E-state index is 12.1. The molecule has 0 N–H and O–H groups in total. The van der Waals surface area contributed by atoms with E-state index in [0.29, 0.717) is 19.6 Å². The predicted octanol–water partition coefficient (Wildman–Crippen LogP) is 2.39. The molecule has 17 heavy (non-hydrogen) atoms. The van der Waals surface area contributed by atoms with Gasteiger partial charge < -0.3 is 9.64 Å². The molecule has 0 fully saturated rings. The molecule has 1 aliphatic heterocycles. The fourth-order valence-corrected chi connectivity index (χ4v) is 2.37. The van der Waals surface area contributed by atoms with Gasteiger partial charge in [0, 0.05) is 18.3 Å². The molecule has 0 radical (unpaired) electrons. The molecule has 0 spiro atoms. The van der Waals surface area contributed by atoms with Crippen molar-refractivity contribution >= 4 is 11.6 Å². The van der Waals surface area contributed by atoms with Gasteiger partial charge in [-0.2, -0.15) is 0 Å². The summed E-state index contributed by atoms with van der Waals surface area (Å²) in [7, 11) is 0. The number of para-hydroxylation sites is 1. The van der Waals surface area contributed by atoms with Crippen molar-refractivity contribution in [3.05, 3.63) is 29.8 Å². The third-order valence-electron chi connectivity index (χ3n) is 3.14. The first-order valence-electron chi connectivity index (χ1n) is 6.21. The second kappa shape index (κ2) is 5.32. The van der Waals surface area contributed by atoms with Crippen LogP contribution >= 0.6 is 0 Å². The number of ether oxygens (including phenoxy) is 1. The quantitative estimate of drug-likeness (QED) is 0.747. The third-order valence-corrected chi connectivity index (χ3v) is 3.14. The van der Waals surface area contributed by atoms with Gasteiger partial charge in [0.1, 0.15) is 0 Å². The average molecular weight is 233 g/mol. The van der Waals surface area contributed by atoms with E-state index in [1.807, 2.05) is 30.0 Å². The second-order valence-corrected chi connectivity index (χ2v) is 4.39. The van der Waals surface area contributed by atoms with E-state index >= 15 is 0 Å². The summed E-state index contributed by atoms with van der Waals surface area (Å²) >= 11 is 0. The summed E-state index contributed by atoms with van der Waals surface area (Å²) in [6, 6.07) is 8.40. The molecule has 3 nitrogen and oxygen atoms in total. The van der Waals surface area contributed by atoms with Crippen LogP contribution in [0, 0.1) is 0 Å². The van der Waals surface area contributed by atoms with E-state index in [1.165, 1.54) is 5.56 Å². The Kier molecular flexibility index (Phi) is 3.79. The zero-order chi connectivity index (χ0) is 12.3. The highest BCUT2D eigenvalue weighted by atomic mass is 16.5. The molecule has 1 aromatic carbocycles. The fraction of sp³-hybridized carbons (Fsp3) is 0.500. The number of hydrogen-bond acceptors (Lipinski definition) is 2. The zero-order valence-corrected chi connectivity index (χ0v) is 10.5. The number of hydrogen-bond donors (Lipinski definition) is 0. The molecule has 0 saturated heterocycles. The van der Waals surface area contributed by atoms with Gasteiger partial charge in [-0.1, -0.05) is 18.2 Å². The predicted molar refractivity (Wildman–Crippen MR) is 68.2 cm³/mol. The lowest BCUT2D eigenvalue weighted by Crippen LogP contribution is -2.36. The summed E-state index contributed by atoms with van der Waals surface area (Å²) in [6.07, 6.45) is 1.42. The number of fused-ring (bicyclic) bond motifs is 1. The summed E-state index contributed by atoms with van der Waals surface area (Å²) in [4.78, 5) is 14.1. The van der Waals surface area contributed by atoms with Crippen molar-refractivity contribution in [2.75, 3.05) is 18.1 Å². The van der Waals surface area contributed by atoms with Crippen LogP contribution in [-0.2, 0) is 16.0 Å². The molecule has 1 amide bonds. The molecule has 1 aliphatic rings. The van der Waals surface area contributed by atoms with Crippen LogP contribution in [0.15, 0.2) is 24.3 Å². The fourth-order valence-electron chi connectivity index (χ4n) is 2.37. The van der Waals surface area contributed by atoms with E-state index in [-0.39, 0.29) is 11.9 Å². The lowest BCUT2D eigenvalue weighted by molar-refractivity contribution is -0.119. The monoisotopic (exact) mass is 233 g/mol. The Balaban J connectivity index is 2.08. The molecule has 92 valence electrons. The highest BCUT2D eigenvalue weighted by Crippen LogP contribution is 2.32. The van der Waals surface area contributed by atoms with Crippen LogP contribution < -0.4 is 4.90 Å². The van der Waals surface area contributed by atoms with Crippen molar-refractivity contribution in [1.82, 2.24) is 0 Å². The first kappa shape index (κ1) is 12.1. The van der Waals surface area contributed by atoms with Gasteiger partial charge in [0.25, 0.3) is 0 Å². The van der Waals surface area contributed by atoms with Gasteiger partial charge in [0.2, 0.25) is 5.91 Å². The highest BCUT2D eigenvalue weighted by molar-refractivity contribution is 5.96. The Labute approximate surface area is 102 Å². The van der Waals surface area contributed by atoms with E-state index in [4.69, 9.17) is 4.74 Å². The number of benzene rings is 1. The maximum Gasteiger partial charge on any atom is 0.229 e. The first-order valence-corrected chi connectivity index (χ1v) is 6.21. The largest absolute Gasteiger partial charge is 0.381 e. The topological polar surface area (TPSA) is 29.5 Å². The molecule has 0 bridgehead atoms. The number of carbonyl (C=O) groups is 1. The first-order chi connectivity index (χ1) is 8.24. The molecule has 0 aromatic heterocycles. The van der Waals surface area contributed by atoms with Crippen molar-refractivity contribution < 1.29 is 9.53 Å². The van der Waals surface area contributed by atoms with Gasteiger partial charge in [-0.25, -0.2) is 0 Å². The van der Waals surface area contributed by atoms with Crippen LogP contribution in [-0.4, -0.2) is 25.2 Å². The van der Waals surface area contributed by atoms with Gasteiger partial charge in [-0.3, -0.25) is 4.79 Å². The number of nitrogens with zero attached hydrogens (tertiary/aromatic N) is 1. The van der Waals surface area contributed by atoms with Crippen molar-refractivity contribution in [1.29, 1.82) is 0 Å². The molecule has 1 aromatic rings. The van der Waals surface area contributed by atoms with Crippen LogP contribution in [0.4, 0.5) is 5.69 Å². The Morgan fingerprint density at radius 3 is 3.00 bits per heavy atom. The second-order valence-electron chi connectivity index (χ2n) is 4.39. The van der Waals surface area contributed by atoms with Gasteiger partial charge in [0.15, 0.2) is 0 Å². The highest BCUT2D eigenvalue weighted by Gasteiger charge is 2.29. The van der Waals surface area contributed by atoms with Crippen molar-refractivity contribution in [3.8, 4) is 0 Å². The number of anilines is 1. The van der Waals surface area contributed by atoms with Crippen LogP contribution in [0.3, 0.4) is 0 Å². The number of amides is 1. The molecule has 3 heteroatoms. The molecule has 2 rings (SSSR count). The normalized spacial score (nSPS) is 18.2. The van der Waals surface area contributed by atoms with E-state index < -0.39 is 0 Å². The summed E-state index contributed by atoms with van der Waals surface area (Å²) in [5.74, 6) is 0.163. The van der Waals surface area contributed by atoms with E-state index in [9.17, 15) is 4.79 Å². The Hall–Kier alpha value is -1.35. The molecular formula is C14H19NO2. The summed E-state index contributed by atoms with van der Waals surface area (Å²) in [6.45, 7) is 5.22. The van der Waals surface area contributed by atoms with Crippen LogP contribution in [0.1, 0.15) is 25.8 Å². The molecule has 0 aliphatic carbocycles. The lowest BCUT2D eigenvalue weighted by Gasteiger charge is -2.22. The molecular weight excluding hydrogens is 214 g/mol. The molecule has 0 saturated carbocycles. The van der Waals surface area contributed by atoms with Crippen LogP contribution in [0.5, 0.6) is 0 Å². The van der Waals surface area contributed by atoms with Gasteiger partial charge in [-0.15, -0.1) is 0 Å². The summed E-state index contributed by atoms with van der Waals surface area (Å²) in [5.41, 5.74) is 2.34. The lowest BCUT2D eigenvalue weighted by atomic mass is 10.1. The van der Waals surface area contributed by atoms with E-state index in [0.717, 1.165) is 12.1 Å². The Morgan fingerprint density at radius 1 is 1.47 bits per heavy atom. The van der Waals surface area contributed by atoms with Crippen molar-refractivity contribution in [2.24, 2.45) is 0 Å². The van der Waals surface area contributed by atoms with Crippen molar-refractivity contribution in [2.45, 2.75) is 32.7 Å². The zero-order valence-electron chi connectivity index (χ0n) is 10.5. The van der Waals surface area contributed by atoms with Crippen LogP contribution in [0.25, 0.3) is 0 Å². The summed E-state index contributed by atoms with van der Waals surface area (Å²) < 4.78 is 5.24. The smallest absolute Gasteiger partial charge is 0.229 e. The maximum atomic E-state index is 12.1. The number of rotatable bonds is 4. The van der Waals surface area contributed by atoms with Crippen LogP contribution in [0.2, 0.25) is 0 Å². The van der Waals surface area contributed by atoms with E-state index in [1.54, 1.807) is 0 Å². The minimum atomic E-state index is 0.163.